The predicted octanol–water partition coefficient (Wildman–Crippen LogP) is 3.94. The molecule has 0 amide bonds. The Balaban J connectivity index is 2.85. The molecule has 0 heterocycles. The van der Waals surface area contributed by atoms with Gasteiger partial charge in [0.05, 0.1) is 5.56 Å². The highest BCUT2D eigenvalue weighted by Gasteiger charge is 2.19. The molecule has 0 atom stereocenters. The summed E-state index contributed by atoms with van der Waals surface area (Å²) in [6.45, 7) is 12.1. The second-order valence-corrected chi connectivity index (χ2v) is 6.33. The van der Waals surface area contributed by atoms with Crippen molar-refractivity contribution >= 4 is 5.97 Å². The summed E-state index contributed by atoms with van der Waals surface area (Å²) in [5.41, 5.74) is 1.48. The Morgan fingerprint density at radius 3 is 1.76 bits per heavy atom. The Morgan fingerprint density at radius 2 is 1.41 bits per heavy atom. The van der Waals surface area contributed by atoms with Crippen molar-refractivity contribution in [2.75, 3.05) is 0 Å². The molecular weight excluding hydrogens is 212 g/mol. The first-order valence-corrected chi connectivity index (χ1v) is 5.93. The Hall–Kier alpha value is -1.31. The van der Waals surface area contributed by atoms with E-state index in [0.29, 0.717) is 5.56 Å². The summed E-state index contributed by atoms with van der Waals surface area (Å²) < 4.78 is 5.31. The zero-order valence-electron chi connectivity index (χ0n) is 11.6. The number of carbonyl (C=O) groups excluding carboxylic acids is 1. The lowest BCUT2D eigenvalue weighted by atomic mass is 9.87. The molecule has 1 aromatic rings. The van der Waals surface area contributed by atoms with Crippen LogP contribution in [0.4, 0.5) is 0 Å². The number of rotatable bonds is 1. The Labute approximate surface area is 104 Å². The molecule has 0 N–H and O–H groups in total. The number of esters is 1. The van der Waals surface area contributed by atoms with Gasteiger partial charge >= 0.3 is 5.97 Å². The zero-order valence-corrected chi connectivity index (χ0v) is 11.6. The van der Waals surface area contributed by atoms with E-state index in [0.717, 1.165) is 0 Å². The van der Waals surface area contributed by atoms with Gasteiger partial charge in [0.2, 0.25) is 0 Å². The van der Waals surface area contributed by atoms with Gasteiger partial charge < -0.3 is 4.74 Å². The van der Waals surface area contributed by atoms with Crippen molar-refractivity contribution in [1.82, 2.24) is 0 Å². The van der Waals surface area contributed by atoms with Gasteiger partial charge in [0.25, 0.3) is 0 Å². The van der Waals surface area contributed by atoms with E-state index in [1.807, 2.05) is 45.0 Å². The molecule has 0 spiro atoms. The maximum absolute atomic E-state index is 11.8. The average Bonchev–Trinajstić information content (AvgIpc) is 2.14. The Bertz CT molecular complexity index is 388. The molecule has 0 saturated carbocycles. The first kappa shape index (κ1) is 13.8. The third kappa shape index (κ3) is 4.22. The van der Waals surface area contributed by atoms with E-state index < -0.39 is 5.60 Å². The molecule has 0 fully saturated rings. The molecule has 2 heteroatoms. The lowest BCUT2D eigenvalue weighted by Crippen LogP contribution is -2.24. The van der Waals surface area contributed by atoms with Gasteiger partial charge in [-0.25, -0.2) is 4.79 Å². The van der Waals surface area contributed by atoms with E-state index in [1.165, 1.54) is 5.56 Å². The molecule has 1 rings (SSSR count). The summed E-state index contributed by atoms with van der Waals surface area (Å²) in [6.07, 6.45) is 0. The van der Waals surface area contributed by atoms with Gasteiger partial charge in [-0.05, 0) is 43.9 Å². The topological polar surface area (TPSA) is 26.3 Å². The largest absolute Gasteiger partial charge is 0.456 e. The molecule has 0 saturated heterocycles. The number of carbonyl (C=O) groups is 1. The van der Waals surface area contributed by atoms with Crippen LogP contribution in [0.1, 0.15) is 57.5 Å². The number of benzene rings is 1. The Kier molecular flexibility index (Phi) is 3.65. The van der Waals surface area contributed by atoms with Crippen LogP contribution in [0.5, 0.6) is 0 Å². The van der Waals surface area contributed by atoms with Crippen molar-refractivity contribution in [3.63, 3.8) is 0 Å². The number of hydrogen-bond acceptors (Lipinski definition) is 2. The van der Waals surface area contributed by atoms with Gasteiger partial charge in [-0.1, -0.05) is 32.9 Å². The van der Waals surface area contributed by atoms with Crippen LogP contribution in [-0.2, 0) is 10.2 Å². The first-order valence-electron chi connectivity index (χ1n) is 5.93. The van der Waals surface area contributed by atoms with Crippen molar-refractivity contribution in [3.8, 4) is 0 Å². The minimum Gasteiger partial charge on any atom is -0.456 e. The van der Waals surface area contributed by atoms with Crippen molar-refractivity contribution in [2.24, 2.45) is 0 Å². The maximum atomic E-state index is 11.8. The van der Waals surface area contributed by atoms with Crippen LogP contribution in [0.15, 0.2) is 24.3 Å². The SMILES string of the molecule is CC(C)(C)OC(=O)c1ccc(C(C)(C)C)cc1. The molecule has 0 aliphatic heterocycles. The van der Waals surface area contributed by atoms with Crippen molar-refractivity contribution < 1.29 is 9.53 Å². The molecule has 0 bridgehead atoms. The van der Waals surface area contributed by atoms with E-state index in [-0.39, 0.29) is 11.4 Å². The van der Waals surface area contributed by atoms with E-state index in [2.05, 4.69) is 20.8 Å². The van der Waals surface area contributed by atoms with Crippen LogP contribution >= 0.6 is 0 Å². The summed E-state index contributed by atoms with van der Waals surface area (Å²) in [4.78, 5) is 11.8. The molecule has 2 nitrogen and oxygen atoms in total. The predicted molar refractivity (Wildman–Crippen MR) is 70.3 cm³/mol. The second-order valence-electron chi connectivity index (χ2n) is 6.33. The van der Waals surface area contributed by atoms with Crippen molar-refractivity contribution in [2.45, 2.75) is 52.6 Å². The monoisotopic (exact) mass is 234 g/mol. The molecule has 0 aliphatic carbocycles. The highest BCUT2D eigenvalue weighted by molar-refractivity contribution is 5.89. The van der Waals surface area contributed by atoms with Crippen LogP contribution in [0.25, 0.3) is 0 Å². The lowest BCUT2D eigenvalue weighted by molar-refractivity contribution is 0.00695. The highest BCUT2D eigenvalue weighted by atomic mass is 16.6. The quantitative estimate of drug-likeness (QED) is 0.688. The van der Waals surface area contributed by atoms with Crippen LogP contribution in [0.3, 0.4) is 0 Å². The van der Waals surface area contributed by atoms with Gasteiger partial charge in [-0.2, -0.15) is 0 Å². The minimum atomic E-state index is -0.445. The zero-order chi connectivity index (χ0) is 13.3. The van der Waals surface area contributed by atoms with Crippen molar-refractivity contribution in [3.05, 3.63) is 35.4 Å². The first-order chi connectivity index (χ1) is 7.59. The fraction of sp³-hybridized carbons (Fsp3) is 0.533. The highest BCUT2D eigenvalue weighted by Crippen LogP contribution is 2.22. The summed E-state index contributed by atoms with van der Waals surface area (Å²) >= 11 is 0. The van der Waals surface area contributed by atoms with Gasteiger partial charge in [0.1, 0.15) is 5.60 Å². The molecule has 17 heavy (non-hydrogen) atoms. The lowest BCUT2D eigenvalue weighted by Gasteiger charge is -2.21. The standard InChI is InChI=1S/C15H22O2/c1-14(2,3)12-9-7-11(8-10-12)13(16)17-15(4,5)6/h7-10H,1-6H3. The molecule has 0 aliphatic rings. The normalized spacial score (nSPS) is 12.4. The summed E-state index contributed by atoms with van der Waals surface area (Å²) in [6, 6.07) is 7.63. The Morgan fingerprint density at radius 1 is 0.941 bits per heavy atom. The second kappa shape index (κ2) is 4.52. The van der Waals surface area contributed by atoms with Crippen LogP contribution in [-0.4, -0.2) is 11.6 Å². The van der Waals surface area contributed by atoms with E-state index in [9.17, 15) is 4.79 Å². The van der Waals surface area contributed by atoms with E-state index in [4.69, 9.17) is 4.74 Å². The third-order valence-electron chi connectivity index (χ3n) is 2.39. The van der Waals surface area contributed by atoms with Crippen molar-refractivity contribution in [1.29, 1.82) is 0 Å². The van der Waals surface area contributed by atoms with Gasteiger partial charge in [0.15, 0.2) is 0 Å². The van der Waals surface area contributed by atoms with Crippen LogP contribution < -0.4 is 0 Å². The molecule has 0 aromatic heterocycles. The molecule has 0 radical (unpaired) electrons. The van der Waals surface area contributed by atoms with Crippen LogP contribution in [0, 0.1) is 0 Å². The average molecular weight is 234 g/mol. The van der Waals surface area contributed by atoms with Gasteiger partial charge in [0, 0.05) is 0 Å². The maximum Gasteiger partial charge on any atom is 0.338 e. The van der Waals surface area contributed by atoms with Gasteiger partial charge in [-0.15, -0.1) is 0 Å². The number of ether oxygens (including phenoxy) is 1. The summed E-state index contributed by atoms with van der Waals surface area (Å²) in [5, 5.41) is 0. The fourth-order valence-corrected chi connectivity index (χ4v) is 1.44. The molecule has 1 aromatic carbocycles. The fourth-order valence-electron chi connectivity index (χ4n) is 1.44. The van der Waals surface area contributed by atoms with Crippen LogP contribution in [0.2, 0.25) is 0 Å². The summed E-state index contributed by atoms with van der Waals surface area (Å²) in [5.74, 6) is -0.266. The third-order valence-corrected chi connectivity index (χ3v) is 2.39. The number of hydrogen-bond donors (Lipinski definition) is 0. The van der Waals surface area contributed by atoms with E-state index >= 15 is 0 Å². The molecule has 0 unspecified atom stereocenters. The smallest absolute Gasteiger partial charge is 0.338 e. The summed E-state index contributed by atoms with van der Waals surface area (Å²) in [7, 11) is 0. The minimum absolute atomic E-state index is 0.104. The van der Waals surface area contributed by atoms with Gasteiger partial charge in [-0.3, -0.25) is 0 Å². The van der Waals surface area contributed by atoms with E-state index in [1.54, 1.807) is 0 Å². The molecular formula is C15H22O2. The molecule has 94 valence electrons.